The van der Waals surface area contributed by atoms with Gasteiger partial charge in [0.05, 0.1) is 6.07 Å². The molecule has 0 bridgehead atoms. The van der Waals surface area contributed by atoms with Gasteiger partial charge in [-0.2, -0.15) is 5.26 Å². The number of nitriles is 1. The molecule has 1 rings (SSSR count). The number of alkyl carbamates (subject to hydrolysis) is 1. The quantitative estimate of drug-likeness (QED) is 0.606. The standard InChI is InChI=1S/C19H25N3O5/c1-12(2)15(17(23)21-16(18(24)25)13(3)9-10-20)22-19(26)27-11-14-7-5-4-6-8-14/h4-8,12-13,15-16H,9,11H2,1-3H3,(H,21,23)(H,22,26)(H,24,25)/t13-,15-,16-/m1/s1. The maximum absolute atomic E-state index is 12.5. The number of rotatable bonds is 9. The fourth-order valence-corrected chi connectivity index (χ4v) is 2.38. The number of carbonyl (C=O) groups is 3. The molecule has 0 unspecified atom stereocenters. The summed E-state index contributed by atoms with van der Waals surface area (Å²) in [6.07, 6.45) is -0.791. The highest BCUT2D eigenvalue weighted by atomic mass is 16.5. The fraction of sp³-hybridized carbons (Fsp3) is 0.474. The number of carbonyl (C=O) groups excluding carboxylic acids is 2. The van der Waals surface area contributed by atoms with Crippen molar-refractivity contribution in [2.75, 3.05) is 0 Å². The molecule has 0 saturated heterocycles. The van der Waals surface area contributed by atoms with Gasteiger partial charge in [0, 0.05) is 12.3 Å². The summed E-state index contributed by atoms with van der Waals surface area (Å²) in [5, 5.41) is 22.9. The first-order chi connectivity index (χ1) is 12.8. The summed E-state index contributed by atoms with van der Waals surface area (Å²) in [5.74, 6) is -2.75. The first-order valence-electron chi connectivity index (χ1n) is 8.63. The van der Waals surface area contributed by atoms with Crippen molar-refractivity contribution in [2.24, 2.45) is 11.8 Å². The van der Waals surface area contributed by atoms with E-state index in [1.165, 1.54) is 0 Å². The third-order valence-electron chi connectivity index (χ3n) is 3.98. The van der Waals surface area contributed by atoms with E-state index >= 15 is 0 Å². The number of nitrogens with one attached hydrogen (secondary N) is 2. The van der Waals surface area contributed by atoms with Crippen LogP contribution in [0.4, 0.5) is 4.79 Å². The minimum Gasteiger partial charge on any atom is -0.480 e. The lowest BCUT2D eigenvalue weighted by Gasteiger charge is -2.25. The van der Waals surface area contributed by atoms with Gasteiger partial charge in [-0.15, -0.1) is 0 Å². The van der Waals surface area contributed by atoms with Gasteiger partial charge in [0.15, 0.2) is 0 Å². The van der Waals surface area contributed by atoms with Crippen molar-refractivity contribution in [3.63, 3.8) is 0 Å². The predicted molar refractivity (Wildman–Crippen MR) is 97.3 cm³/mol. The summed E-state index contributed by atoms with van der Waals surface area (Å²) in [6, 6.07) is 8.77. The number of ether oxygens (including phenoxy) is 1. The van der Waals surface area contributed by atoms with E-state index in [0.29, 0.717) is 0 Å². The molecular weight excluding hydrogens is 350 g/mol. The van der Waals surface area contributed by atoms with E-state index in [0.717, 1.165) is 5.56 Å². The van der Waals surface area contributed by atoms with Gasteiger partial charge in [-0.3, -0.25) is 4.79 Å². The maximum atomic E-state index is 12.5. The van der Waals surface area contributed by atoms with Crippen molar-refractivity contribution in [1.29, 1.82) is 5.26 Å². The van der Waals surface area contributed by atoms with Gasteiger partial charge in [0.2, 0.25) is 5.91 Å². The van der Waals surface area contributed by atoms with Crippen molar-refractivity contribution < 1.29 is 24.2 Å². The second kappa shape index (κ2) is 10.8. The Balaban J connectivity index is 2.70. The monoisotopic (exact) mass is 375 g/mol. The SMILES string of the molecule is CC(C)[C@@H](NC(=O)OCc1ccccc1)C(=O)N[C@@H](C(=O)O)[C@H](C)CC#N. The van der Waals surface area contributed by atoms with Gasteiger partial charge < -0.3 is 20.5 Å². The van der Waals surface area contributed by atoms with Crippen molar-refractivity contribution in [3.8, 4) is 6.07 Å². The lowest BCUT2D eigenvalue weighted by molar-refractivity contribution is -0.143. The van der Waals surface area contributed by atoms with E-state index in [1.807, 2.05) is 24.3 Å². The largest absolute Gasteiger partial charge is 0.480 e. The van der Waals surface area contributed by atoms with Crippen LogP contribution in [-0.2, 0) is 20.9 Å². The summed E-state index contributed by atoms with van der Waals surface area (Å²) in [4.78, 5) is 35.9. The molecule has 0 aliphatic rings. The van der Waals surface area contributed by atoms with Crippen LogP contribution in [0, 0.1) is 23.2 Å². The summed E-state index contributed by atoms with van der Waals surface area (Å²) in [5.41, 5.74) is 0.800. The molecular formula is C19H25N3O5. The molecule has 3 atom stereocenters. The molecule has 27 heavy (non-hydrogen) atoms. The molecule has 8 nitrogen and oxygen atoms in total. The van der Waals surface area contributed by atoms with Crippen LogP contribution < -0.4 is 10.6 Å². The van der Waals surface area contributed by atoms with E-state index in [1.54, 1.807) is 32.9 Å². The summed E-state index contributed by atoms with van der Waals surface area (Å²) in [7, 11) is 0. The number of benzene rings is 1. The maximum Gasteiger partial charge on any atom is 0.408 e. The summed E-state index contributed by atoms with van der Waals surface area (Å²) in [6.45, 7) is 5.05. The van der Waals surface area contributed by atoms with Gasteiger partial charge in [-0.05, 0) is 11.5 Å². The van der Waals surface area contributed by atoms with E-state index < -0.39 is 36.0 Å². The Kier molecular flexibility index (Phi) is 8.79. The highest BCUT2D eigenvalue weighted by molar-refractivity contribution is 5.89. The summed E-state index contributed by atoms with van der Waals surface area (Å²) < 4.78 is 5.11. The van der Waals surface area contributed by atoms with E-state index in [2.05, 4.69) is 10.6 Å². The van der Waals surface area contributed by atoms with E-state index in [4.69, 9.17) is 10.00 Å². The molecule has 0 aliphatic carbocycles. The van der Waals surface area contributed by atoms with Crippen molar-refractivity contribution in [2.45, 2.75) is 45.9 Å². The zero-order valence-corrected chi connectivity index (χ0v) is 15.6. The summed E-state index contributed by atoms with van der Waals surface area (Å²) >= 11 is 0. The molecule has 8 heteroatoms. The first kappa shape index (κ1) is 22.0. The molecule has 0 aromatic heterocycles. The molecule has 0 heterocycles. The Hall–Kier alpha value is -3.08. The Morgan fingerprint density at radius 3 is 2.26 bits per heavy atom. The topological polar surface area (TPSA) is 129 Å². The number of nitrogens with zero attached hydrogens (tertiary/aromatic N) is 1. The molecule has 0 spiro atoms. The van der Waals surface area contributed by atoms with Gasteiger partial charge in [-0.1, -0.05) is 51.1 Å². The number of carboxylic acid groups (broad SMARTS) is 1. The average Bonchev–Trinajstić information content (AvgIpc) is 2.62. The molecule has 0 radical (unpaired) electrons. The van der Waals surface area contributed by atoms with Crippen molar-refractivity contribution in [1.82, 2.24) is 10.6 Å². The first-order valence-corrected chi connectivity index (χ1v) is 8.63. The minimum absolute atomic E-state index is 0.0177. The van der Waals surface area contributed by atoms with Crippen LogP contribution >= 0.6 is 0 Å². The Bertz CT molecular complexity index is 684. The molecule has 3 N–H and O–H groups in total. The number of hydrogen-bond donors (Lipinski definition) is 3. The van der Waals surface area contributed by atoms with Crippen LogP contribution in [0.3, 0.4) is 0 Å². The number of carboxylic acids is 1. The normalized spacial score (nSPS) is 13.7. The Morgan fingerprint density at radius 2 is 1.74 bits per heavy atom. The highest BCUT2D eigenvalue weighted by Crippen LogP contribution is 2.10. The second-order valence-corrected chi connectivity index (χ2v) is 6.59. The highest BCUT2D eigenvalue weighted by Gasteiger charge is 2.31. The van der Waals surface area contributed by atoms with E-state index in [-0.39, 0.29) is 18.9 Å². The van der Waals surface area contributed by atoms with Crippen LogP contribution in [0.5, 0.6) is 0 Å². The van der Waals surface area contributed by atoms with E-state index in [9.17, 15) is 19.5 Å². The second-order valence-electron chi connectivity index (χ2n) is 6.59. The molecule has 0 saturated carbocycles. The molecule has 2 amide bonds. The Morgan fingerprint density at radius 1 is 1.11 bits per heavy atom. The van der Waals surface area contributed by atoms with Crippen LogP contribution in [0.1, 0.15) is 32.8 Å². The van der Waals surface area contributed by atoms with Crippen LogP contribution in [0.2, 0.25) is 0 Å². The number of hydrogen-bond acceptors (Lipinski definition) is 5. The smallest absolute Gasteiger partial charge is 0.408 e. The molecule has 1 aromatic carbocycles. The number of aliphatic carboxylic acids is 1. The van der Waals surface area contributed by atoms with Crippen LogP contribution in [0.25, 0.3) is 0 Å². The van der Waals surface area contributed by atoms with Gasteiger partial charge >= 0.3 is 12.1 Å². The lowest BCUT2D eigenvalue weighted by atomic mass is 9.97. The Labute approximate surface area is 158 Å². The number of amides is 2. The van der Waals surface area contributed by atoms with Gasteiger partial charge in [-0.25, -0.2) is 9.59 Å². The predicted octanol–water partition coefficient (Wildman–Crippen LogP) is 2.06. The fourth-order valence-electron chi connectivity index (χ4n) is 2.38. The molecule has 146 valence electrons. The van der Waals surface area contributed by atoms with Crippen molar-refractivity contribution >= 4 is 18.0 Å². The average molecular weight is 375 g/mol. The zero-order chi connectivity index (χ0) is 20.4. The lowest BCUT2D eigenvalue weighted by Crippen LogP contribution is -2.55. The third kappa shape index (κ3) is 7.36. The third-order valence-corrected chi connectivity index (χ3v) is 3.98. The van der Waals surface area contributed by atoms with Crippen LogP contribution in [0.15, 0.2) is 30.3 Å². The van der Waals surface area contributed by atoms with Crippen molar-refractivity contribution in [3.05, 3.63) is 35.9 Å². The zero-order valence-electron chi connectivity index (χ0n) is 15.6. The minimum atomic E-state index is -1.24. The van der Waals surface area contributed by atoms with Gasteiger partial charge in [0.1, 0.15) is 18.7 Å². The molecule has 1 aromatic rings. The molecule has 0 aliphatic heterocycles. The van der Waals surface area contributed by atoms with Crippen LogP contribution in [-0.4, -0.2) is 35.2 Å². The van der Waals surface area contributed by atoms with Gasteiger partial charge in [0.25, 0.3) is 0 Å². The molecule has 0 fully saturated rings.